The first kappa shape index (κ1) is 11.9. The molecule has 2 nitrogen and oxygen atoms in total. The van der Waals surface area contributed by atoms with E-state index >= 15 is 0 Å². The molecule has 2 fully saturated rings. The molecule has 0 heterocycles. The van der Waals surface area contributed by atoms with Gasteiger partial charge in [0.25, 0.3) is 0 Å². The van der Waals surface area contributed by atoms with E-state index in [2.05, 4.69) is 19.9 Å². The summed E-state index contributed by atoms with van der Waals surface area (Å²) in [6.45, 7) is 4.42. The summed E-state index contributed by atoms with van der Waals surface area (Å²) in [7, 11) is 0. The lowest BCUT2D eigenvalue weighted by Crippen LogP contribution is -2.58. The van der Waals surface area contributed by atoms with Crippen LogP contribution in [0.5, 0.6) is 0 Å². The summed E-state index contributed by atoms with van der Waals surface area (Å²) in [4.78, 5) is 0. The van der Waals surface area contributed by atoms with Gasteiger partial charge in [0.2, 0.25) is 0 Å². The molecule has 0 amide bonds. The first-order valence-corrected chi connectivity index (χ1v) is 6.67. The van der Waals surface area contributed by atoms with Crippen LogP contribution in [-0.4, -0.2) is 10.7 Å². The molecular weight excluding hydrogens is 198 g/mol. The van der Waals surface area contributed by atoms with Gasteiger partial charge in [-0.05, 0) is 37.5 Å². The van der Waals surface area contributed by atoms with Crippen LogP contribution in [0.25, 0.3) is 0 Å². The van der Waals surface area contributed by atoms with E-state index in [9.17, 15) is 10.4 Å². The van der Waals surface area contributed by atoms with Crippen LogP contribution in [0.3, 0.4) is 0 Å². The van der Waals surface area contributed by atoms with E-state index in [0.29, 0.717) is 11.8 Å². The topological polar surface area (TPSA) is 44.0 Å². The molecular formula is C14H23NO. The Bertz CT molecular complexity index is 290. The van der Waals surface area contributed by atoms with Crippen LogP contribution < -0.4 is 0 Å². The van der Waals surface area contributed by atoms with Gasteiger partial charge in [-0.3, -0.25) is 0 Å². The summed E-state index contributed by atoms with van der Waals surface area (Å²) in [5.41, 5.74) is -1.09. The van der Waals surface area contributed by atoms with E-state index in [1.165, 1.54) is 6.42 Å². The Morgan fingerprint density at radius 3 is 2.19 bits per heavy atom. The Hall–Kier alpha value is -0.550. The summed E-state index contributed by atoms with van der Waals surface area (Å²) in [6.07, 6.45) is 6.96. The molecule has 0 aromatic rings. The van der Waals surface area contributed by atoms with Crippen molar-refractivity contribution in [3.05, 3.63) is 0 Å². The molecule has 0 aromatic heterocycles. The van der Waals surface area contributed by atoms with Crippen LogP contribution in [0, 0.1) is 28.6 Å². The van der Waals surface area contributed by atoms with Crippen molar-refractivity contribution in [3.63, 3.8) is 0 Å². The third kappa shape index (κ3) is 1.66. The van der Waals surface area contributed by atoms with Crippen LogP contribution in [-0.2, 0) is 0 Å². The molecule has 2 saturated carbocycles. The van der Waals surface area contributed by atoms with Gasteiger partial charge in [-0.15, -0.1) is 0 Å². The standard InChI is InChI=1S/C14H23NO/c1-11(2)12-8-14(16,9-12)13(10-15)6-4-3-5-7-13/h11-12,16H,3-9H2,1-2H3. The van der Waals surface area contributed by atoms with Gasteiger partial charge in [0.05, 0.1) is 17.1 Å². The number of nitrogens with zero attached hydrogens (tertiary/aromatic N) is 1. The fourth-order valence-electron chi connectivity index (χ4n) is 3.51. The zero-order chi connectivity index (χ0) is 11.8. The van der Waals surface area contributed by atoms with Crippen LogP contribution in [0.4, 0.5) is 0 Å². The molecule has 1 N–H and O–H groups in total. The number of hydrogen-bond donors (Lipinski definition) is 1. The molecule has 0 atom stereocenters. The summed E-state index contributed by atoms with van der Waals surface area (Å²) in [5.74, 6) is 1.26. The second-order valence-corrected chi connectivity index (χ2v) is 6.20. The van der Waals surface area contributed by atoms with Crippen LogP contribution in [0.1, 0.15) is 58.8 Å². The smallest absolute Gasteiger partial charge is 0.0860 e. The SMILES string of the molecule is CC(C)C1CC(O)(C2(C#N)CCCCC2)C1. The lowest BCUT2D eigenvalue weighted by atomic mass is 9.51. The molecule has 90 valence electrons. The van der Waals surface area contributed by atoms with Crippen molar-refractivity contribution >= 4 is 0 Å². The van der Waals surface area contributed by atoms with E-state index in [-0.39, 0.29) is 0 Å². The van der Waals surface area contributed by atoms with Gasteiger partial charge in [-0.25, -0.2) is 0 Å². The minimum absolute atomic E-state index is 0.420. The largest absolute Gasteiger partial charge is 0.388 e. The highest BCUT2D eigenvalue weighted by Crippen LogP contribution is 2.56. The first-order valence-electron chi connectivity index (χ1n) is 6.67. The Kier molecular flexibility index (Phi) is 3.01. The molecule has 0 radical (unpaired) electrons. The molecule has 16 heavy (non-hydrogen) atoms. The molecule has 2 aliphatic carbocycles. The fourth-order valence-corrected chi connectivity index (χ4v) is 3.51. The van der Waals surface area contributed by atoms with Crippen LogP contribution in [0.15, 0.2) is 0 Å². The summed E-state index contributed by atoms with van der Waals surface area (Å²) >= 11 is 0. The van der Waals surface area contributed by atoms with Crippen molar-refractivity contribution in [1.82, 2.24) is 0 Å². The quantitative estimate of drug-likeness (QED) is 0.777. The van der Waals surface area contributed by atoms with Crippen molar-refractivity contribution in [3.8, 4) is 6.07 Å². The third-order valence-corrected chi connectivity index (χ3v) is 4.95. The summed E-state index contributed by atoms with van der Waals surface area (Å²) in [6, 6.07) is 2.47. The van der Waals surface area contributed by atoms with Gasteiger partial charge in [-0.1, -0.05) is 33.1 Å². The van der Waals surface area contributed by atoms with Gasteiger partial charge in [-0.2, -0.15) is 5.26 Å². The lowest BCUT2D eigenvalue weighted by Gasteiger charge is -2.55. The molecule has 0 spiro atoms. The molecule has 2 rings (SSSR count). The number of hydrogen-bond acceptors (Lipinski definition) is 2. The van der Waals surface area contributed by atoms with Crippen LogP contribution >= 0.6 is 0 Å². The van der Waals surface area contributed by atoms with Gasteiger partial charge < -0.3 is 5.11 Å². The van der Waals surface area contributed by atoms with E-state index < -0.39 is 11.0 Å². The van der Waals surface area contributed by atoms with Gasteiger partial charge in [0.1, 0.15) is 0 Å². The van der Waals surface area contributed by atoms with Crippen molar-refractivity contribution in [1.29, 1.82) is 5.26 Å². The maximum atomic E-state index is 10.7. The Balaban J connectivity index is 2.09. The maximum absolute atomic E-state index is 10.7. The monoisotopic (exact) mass is 221 g/mol. The zero-order valence-corrected chi connectivity index (χ0v) is 10.5. The van der Waals surface area contributed by atoms with Crippen molar-refractivity contribution in [2.75, 3.05) is 0 Å². The van der Waals surface area contributed by atoms with Gasteiger partial charge in [0, 0.05) is 0 Å². The minimum atomic E-state index is -0.670. The van der Waals surface area contributed by atoms with E-state index in [1.54, 1.807) is 0 Å². The average molecular weight is 221 g/mol. The van der Waals surface area contributed by atoms with Crippen molar-refractivity contribution < 1.29 is 5.11 Å². The normalized spacial score (nSPS) is 37.8. The van der Waals surface area contributed by atoms with Gasteiger partial charge >= 0.3 is 0 Å². The average Bonchev–Trinajstić information content (AvgIpc) is 2.25. The number of aliphatic hydroxyl groups is 1. The molecule has 2 aliphatic rings. The summed E-state index contributed by atoms with van der Waals surface area (Å²) < 4.78 is 0. The second-order valence-electron chi connectivity index (χ2n) is 6.20. The van der Waals surface area contributed by atoms with Gasteiger partial charge in [0.15, 0.2) is 0 Å². The first-order chi connectivity index (χ1) is 7.53. The molecule has 0 unspecified atom stereocenters. The minimum Gasteiger partial charge on any atom is -0.388 e. The maximum Gasteiger partial charge on any atom is 0.0860 e. The highest BCUT2D eigenvalue weighted by molar-refractivity contribution is 5.17. The zero-order valence-electron chi connectivity index (χ0n) is 10.5. The van der Waals surface area contributed by atoms with E-state index in [0.717, 1.165) is 38.5 Å². The van der Waals surface area contributed by atoms with E-state index in [1.807, 2.05) is 0 Å². The Morgan fingerprint density at radius 1 is 1.19 bits per heavy atom. The molecule has 0 aliphatic heterocycles. The van der Waals surface area contributed by atoms with Crippen LogP contribution in [0.2, 0.25) is 0 Å². The molecule has 2 heteroatoms. The predicted molar refractivity (Wildman–Crippen MR) is 63.6 cm³/mol. The molecule has 0 aromatic carbocycles. The second kappa shape index (κ2) is 4.04. The fraction of sp³-hybridized carbons (Fsp3) is 0.929. The Morgan fingerprint density at radius 2 is 1.75 bits per heavy atom. The molecule has 0 bridgehead atoms. The summed E-state index contributed by atoms with van der Waals surface area (Å²) in [5, 5.41) is 20.1. The Labute approximate surface area is 98.7 Å². The van der Waals surface area contributed by atoms with Crippen molar-refractivity contribution in [2.24, 2.45) is 17.3 Å². The lowest BCUT2D eigenvalue weighted by molar-refractivity contribution is -0.165. The highest BCUT2D eigenvalue weighted by Gasteiger charge is 2.58. The third-order valence-electron chi connectivity index (χ3n) is 4.95. The highest BCUT2D eigenvalue weighted by atomic mass is 16.3. The number of nitriles is 1. The van der Waals surface area contributed by atoms with E-state index in [4.69, 9.17) is 0 Å². The molecule has 0 saturated heterocycles. The van der Waals surface area contributed by atoms with Crippen molar-refractivity contribution in [2.45, 2.75) is 64.4 Å². The number of rotatable bonds is 2. The predicted octanol–water partition coefficient (Wildman–Crippen LogP) is 3.26.